The van der Waals surface area contributed by atoms with Crippen molar-refractivity contribution in [3.63, 3.8) is 0 Å². The van der Waals surface area contributed by atoms with Crippen LogP contribution in [0.4, 0.5) is 51.2 Å². The van der Waals surface area contributed by atoms with Gasteiger partial charge in [-0.05, 0) is 287 Å². The van der Waals surface area contributed by atoms with Crippen molar-refractivity contribution < 1.29 is 0 Å². The Bertz CT molecular complexity index is 8960. The molecule has 0 amide bonds. The first-order chi connectivity index (χ1) is 71.4. The predicted molar refractivity (Wildman–Crippen MR) is 612 cm³/mol. The molecule has 0 aliphatic carbocycles. The van der Waals surface area contributed by atoms with Gasteiger partial charge in [0, 0.05) is 94.9 Å². The minimum atomic E-state index is 1.10. The van der Waals surface area contributed by atoms with E-state index in [2.05, 4.69) is 611 Å². The van der Waals surface area contributed by atoms with Gasteiger partial charge in [-0.1, -0.05) is 394 Å². The highest BCUT2D eigenvalue weighted by molar-refractivity contribution is 6.20. The molecule has 27 rings (SSSR count). The van der Waals surface area contributed by atoms with E-state index in [4.69, 9.17) is 0 Å². The molecule has 27 aromatic rings. The highest BCUT2D eigenvalue weighted by atomic mass is 15.2. The number of rotatable bonds is 18. The highest BCUT2D eigenvalue weighted by Gasteiger charge is 2.26. The molecule has 144 heavy (non-hydrogen) atoms. The summed E-state index contributed by atoms with van der Waals surface area (Å²) < 4.78 is 7.22. The summed E-state index contributed by atoms with van der Waals surface area (Å²) in [5, 5.41) is 14.9. The summed E-state index contributed by atoms with van der Waals surface area (Å²) in [7, 11) is 0. The lowest BCUT2D eigenvalue weighted by molar-refractivity contribution is 1.18. The van der Waals surface area contributed by atoms with Crippen LogP contribution in [0.1, 0.15) is 0 Å². The van der Waals surface area contributed by atoms with Gasteiger partial charge in [-0.3, -0.25) is 0 Å². The van der Waals surface area contributed by atoms with Crippen molar-refractivity contribution in [2.24, 2.45) is 0 Å². The lowest BCUT2D eigenvalue weighted by Gasteiger charge is -2.27. The van der Waals surface area contributed by atoms with Gasteiger partial charge in [0.25, 0.3) is 0 Å². The number of fused-ring (bicyclic) bond motifs is 12. The fourth-order valence-electron chi connectivity index (χ4n) is 21.1. The van der Waals surface area contributed by atoms with Crippen LogP contribution in [0, 0.1) is 0 Å². The Morgan fingerprint density at radius 3 is 0.667 bits per heavy atom. The minimum Gasteiger partial charge on any atom is -0.310 e. The van der Waals surface area contributed by atoms with E-state index in [0.717, 1.165) is 68.2 Å². The first-order valence-electron chi connectivity index (χ1n) is 49.3. The molecule has 0 unspecified atom stereocenters. The highest BCUT2D eigenvalue weighted by Crippen LogP contribution is 2.49. The van der Waals surface area contributed by atoms with Crippen LogP contribution in [-0.4, -0.2) is 13.7 Å². The van der Waals surface area contributed by atoms with Gasteiger partial charge in [0.2, 0.25) is 0 Å². The largest absolute Gasteiger partial charge is 0.310 e. The van der Waals surface area contributed by atoms with Crippen molar-refractivity contribution in [1.82, 2.24) is 13.7 Å². The molecule has 6 heteroatoms. The average molecular weight is 1840 g/mol. The Morgan fingerprint density at radius 1 is 0.118 bits per heavy atom. The second-order valence-electron chi connectivity index (χ2n) is 36.7. The maximum atomic E-state index is 2.41. The third-order valence-corrected chi connectivity index (χ3v) is 28.1. The second kappa shape index (κ2) is 38.3. The lowest BCUT2D eigenvalue weighted by atomic mass is 10.0. The standard InChI is InChI=1S/3C46H32N2/c1-4-13-33(14-5-1)35-23-27-40(28-24-35)47(41-29-25-36(26-30-41)34-15-6-2-7-16-34)43-21-12-22-44-46(43)42-31-37-17-10-11-18-38(37)32-45(42)48(44)39-19-8-3-9-20-39;1-4-12-33(13-5-1)35-20-24-40(25-21-35)47(41-26-22-36(23-27-41)34-14-6-2-7-15-34)42-28-29-45-44(32-42)43-30-37-16-10-11-17-38(37)31-46(43)48(45)39-18-8-3-9-19-39;1-4-12-33(13-5-1)35-20-24-40(25-21-35)47(41-26-22-36(23-27-41)34-14-6-2-7-15-34)42-28-29-43-44-30-37-16-10-11-17-38(37)31-45(44)48(46(43)32-42)39-18-8-3-9-19-39/h3*1-32H. The summed E-state index contributed by atoms with van der Waals surface area (Å²) in [6, 6.07) is 210. The molecule has 0 N–H and O–H groups in total. The molecule has 6 nitrogen and oxygen atoms in total. The van der Waals surface area contributed by atoms with Crippen molar-refractivity contribution in [3.8, 4) is 83.8 Å². The molecule has 0 fully saturated rings. The average Bonchev–Trinajstić information content (AvgIpc) is 1.54. The van der Waals surface area contributed by atoms with E-state index in [-0.39, 0.29) is 0 Å². The normalized spacial score (nSPS) is 11.3. The number of hydrogen-bond acceptors (Lipinski definition) is 3. The van der Waals surface area contributed by atoms with Crippen molar-refractivity contribution in [2.45, 2.75) is 0 Å². The zero-order valence-corrected chi connectivity index (χ0v) is 79.1. The van der Waals surface area contributed by atoms with E-state index < -0.39 is 0 Å². The maximum absolute atomic E-state index is 2.41. The van der Waals surface area contributed by atoms with Gasteiger partial charge in [-0.2, -0.15) is 0 Å². The van der Waals surface area contributed by atoms with Gasteiger partial charge < -0.3 is 28.4 Å². The summed E-state index contributed by atoms with van der Waals surface area (Å²) in [6.45, 7) is 0. The van der Waals surface area contributed by atoms with Crippen molar-refractivity contribution >= 4 is 149 Å². The number of hydrogen-bond donors (Lipinski definition) is 0. The van der Waals surface area contributed by atoms with E-state index in [1.807, 2.05) is 0 Å². The third kappa shape index (κ3) is 16.8. The molecule has 0 aliphatic rings. The van der Waals surface area contributed by atoms with Crippen molar-refractivity contribution in [1.29, 1.82) is 0 Å². The van der Waals surface area contributed by atoms with Crippen LogP contribution in [0.2, 0.25) is 0 Å². The van der Waals surface area contributed by atoms with Gasteiger partial charge in [0.1, 0.15) is 0 Å². The minimum absolute atomic E-state index is 1.10. The van der Waals surface area contributed by atoms with Gasteiger partial charge >= 0.3 is 0 Å². The van der Waals surface area contributed by atoms with Gasteiger partial charge in [0.15, 0.2) is 0 Å². The van der Waals surface area contributed by atoms with Crippen LogP contribution in [0.25, 0.3) is 182 Å². The maximum Gasteiger partial charge on any atom is 0.0562 e. The summed E-state index contributed by atoms with van der Waals surface area (Å²) >= 11 is 0. The lowest BCUT2D eigenvalue weighted by Crippen LogP contribution is -2.10. The van der Waals surface area contributed by atoms with Crippen LogP contribution in [0.15, 0.2) is 582 Å². The van der Waals surface area contributed by atoms with Crippen molar-refractivity contribution in [2.75, 3.05) is 14.7 Å². The smallest absolute Gasteiger partial charge is 0.0562 e. The fourth-order valence-corrected chi connectivity index (χ4v) is 21.1. The number of aromatic nitrogens is 3. The Morgan fingerprint density at radius 2 is 0.340 bits per heavy atom. The van der Waals surface area contributed by atoms with Crippen LogP contribution < -0.4 is 14.7 Å². The SMILES string of the molecule is c1ccc(-c2ccc(N(c3ccc(-c4ccccc4)cc3)c3ccc4c(c3)c3cc5ccccc5cc3n4-c3ccccc3)cc2)cc1.c1ccc(-c2ccc(N(c3ccc(-c4ccccc4)cc3)c3ccc4c5cc6ccccc6cc5n(-c5ccccc5)c4c3)cc2)cc1.c1ccc(-c2ccc(N(c3ccc(-c4ccccc4)cc3)c3cccc4c3c3cc5ccccc5cc3n4-c3ccccc3)cc2)cc1. The number of benzene rings is 24. The molecular weight excluding hydrogens is 1740 g/mol. The van der Waals surface area contributed by atoms with E-state index in [1.54, 1.807) is 0 Å². The van der Waals surface area contributed by atoms with Crippen LogP contribution in [0.3, 0.4) is 0 Å². The number of anilines is 9. The molecule has 0 atom stereocenters. The Labute approximate surface area is 837 Å². The molecular formula is C138H96N6. The fraction of sp³-hybridized carbons (Fsp3) is 0. The van der Waals surface area contributed by atoms with Crippen LogP contribution in [0.5, 0.6) is 0 Å². The Kier molecular flexibility index (Phi) is 23.0. The third-order valence-electron chi connectivity index (χ3n) is 28.1. The summed E-state index contributed by atoms with van der Waals surface area (Å²) in [5.74, 6) is 0. The number of para-hydroxylation sites is 3. The molecule has 24 aromatic carbocycles. The monoisotopic (exact) mass is 1840 g/mol. The zero-order valence-electron chi connectivity index (χ0n) is 79.1. The first-order valence-corrected chi connectivity index (χ1v) is 49.3. The summed E-state index contributed by atoms with van der Waals surface area (Å²) in [5.41, 5.74) is 35.1. The summed E-state index contributed by atoms with van der Waals surface area (Å²) in [4.78, 5) is 7.15. The molecule has 0 saturated carbocycles. The molecule has 0 bridgehead atoms. The topological polar surface area (TPSA) is 24.5 Å². The summed E-state index contributed by atoms with van der Waals surface area (Å²) in [6.07, 6.45) is 0. The number of nitrogens with zero attached hydrogens (tertiary/aromatic N) is 6. The zero-order chi connectivity index (χ0) is 95.6. The molecule has 0 aliphatic heterocycles. The molecule has 3 aromatic heterocycles. The van der Waals surface area contributed by atoms with Crippen molar-refractivity contribution in [3.05, 3.63) is 582 Å². The Balaban J connectivity index is 0.000000113. The quantitative estimate of drug-likeness (QED) is 0.0856. The van der Waals surface area contributed by atoms with Gasteiger partial charge in [0.05, 0.1) is 38.8 Å². The molecule has 678 valence electrons. The van der Waals surface area contributed by atoms with E-state index in [1.165, 1.54) is 164 Å². The molecule has 0 radical (unpaired) electrons. The van der Waals surface area contributed by atoms with Gasteiger partial charge in [-0.15, -0.1) is 0 Å². The van der Waals surface area contributed by atoms with E-state index >= 15 is 0 Å². The van der Waals surface area contributed by atoms with E-state index in [0.29, 0.717) is 0 Å². The van der Waals surface area contributed by atoms with Gasteiger partial charge in [-0.25, -0.2) is 0 Å². The van der Waals surface area contributed by atoms with Crippen LogP contribution >= 0.6 is 0 Å². The molecule has 3 heterocycles. The van der Waals surface area contributed by atoms with Crippen LogP contribution in [-0.2, 0) is 0 Å². The molecule has 0 spiro atoms. The molecule has 0 saturated heterocycles. The predicted octanol–water partition coefficient (Wildman–Crippen LogP) is 38.2. The van der Waals surface area contributed by atoms with E-state index in [9.17, 15) is 0 Å². The Hall–Kier alpha value is -19.1. The first kappa shape index (κ1) is 86.4. The second-order valence-corrected chi connectivity index (χ2v) is 36.7.